The Labute approximate surface area is 97.2 Å². The quantitative estimate of drug-likeness (QED) is 0.832. The summed E-state index contributed by atoms with van der Waals surface area (Å²) in [6.07, 6.45) is 0.446. The fourth-order valence-electron chi connectivity index (χ4n) is 1.41. The van der Waals surface area contributed by atoms with Crippen molar-refractivity contribution in [3.8, 4) is 0 Å². The van der Waals surface area contributed by atoms with E-state index in [2.05, 4.69) is 0 Å². The van der Waals surface area contributed by atoms with Crippen molar-refractivity contribution in [2.75, 3.05) is 13.6 Å². The normalized spacial score (nSPS) is 12.2. The fourth-order valence-corrected chi connectivity index (χ4v) is 1.41. The molecule has 0 spiro atoms. The highest BCUT2D eigenvalue weighted by Gasteiger charge is 2.14. The maximum atomic E-state index is 11.9. The van der Waals surface area contributed by atoms with Crippen molar-refractivity contribution in [3.05, 3.63) is 35.4 Å². The predicted molar refractivity (Wildman–Crippen MR) is 66.2 cm³/mol. The van der Waals surface area contributed by atoms with E-state index in [9.17, 15) is 4.79 Å². The third-order valence-corrected chi connectivity index (χ3v) is 2.87. The Morgan fingerprint density at radius 2 is 1.94 bits per heavy atom. The number of hydrogen-bond donors (Lipinski definition) is 1. The summed E-state index contributed by atoms with van der Waals surface area (Å²) in [5.41, 5.74) is 7.79. The summed E-state index contributed by atoms with van der Waals surface area (Å²) < 4.78 is 0. The SMILES string of the molecule is Cc1ccc(CC(=O)N(C)C(C)CN)cc1. The second kappa shape index (κ2) is 5.66. The van der Waals surface area contributed by atoms with E-state index in [4.69, 9.17) is 5.73 Å². The first-order valence-corrected chi connectivity index (χ1v) is 5.56. The molecular weight excluding hydrogens is 200 g/mol. The monoisotopic (exact) mass is 220 g/mol. The highest BCUT2D eigenvalue weighted by molar-refractivity contribution is 5.78. The molecule has 0 saturated heterocycles. The molecule has 0 bridgehead atoms. The molecule has 0 heterocycles. The van der Waals surface area contributed by atoms with Gasteiger partial charge in [-0.1, -0.05) is 29.8 Å². The van der Waals surface area contributed by atoms with Crippen LogP contribution in [0.3, 0.4) is 0 Å². The number of carbonyl (C=O) groups is 1. The van der Waals surface area contributed by atoms with Gasteiger partial charge in [0.2, 0.25) is 5.91 Å². The molecule has 1 aromatic carbocycles. The van der Waals surface area contributed by atoms with E-state index in [1.54, 1.807) is 11.9 Å². The average molecular weight is 220 g/mol. The highest BCUT2D eigenvalue weighted by Crippen LogP contribution is 2.06. The average Bonchev–Trinajstić information content (AvgIpc) is 2.30. The van der Waals surface area contributed by atoms with Crippen LogP contribution in [-0.2, 0) is 11.2 Å². The summed E-state index contributed by atoms with van der Waals surface area (Å²) in [5.74, 6) is 0.113. The van der Waals surface area contributed by atoms with E-state index in [1.807, 2.05) is 38.1 Å². The number of nitrogens with zero attached hydrogens (tertiary/aromatic N) is 1. The minimum absolute atomic E-state index is 0.0953. The van der Waals surface area contributed by atoms with Crippen LogP contribution in [0.4, 0.5) is 0 Å². The Hall–Kier alpha value is -1.35. The summed E-state index contributed by atoms with van der Waals surface area (Å²) in [5, 5.41) is 0. The Morgan fingerprint density at radius 3 is 2.44 bits per heavy atom. The van der Waals surface area contributed by atoms with Crippen molar-refractivity contribution in [3.63, 3.8) is 0 Å². The molecule has 1 amide bonds. The molecule has 1 rings (SSSR count). The molecule has 16 heavy (non-hydrogen) atoms. The number of likely N-dealkylation sites (N-methyl/N-ethyl adjacent to an activating group) is 1. The van der Waals surface area contributed by atoms with Gasteiger partial charge in [0.1, 0.15) is 0 Å². The molecule has 0 saturated carbocycles. The van der Waals surface area contributed by atoms with Crippen molar-refractivity contribution in [1.29, 1.82) is 0 Å². The molecular formula is C13H20N2O. The number of amides is 1. The van der Waals surface area contributed by atoms with Gasteiger partial charge < -0.3 is 10.6 Å². The molecule has 1 atom stereocenters. The summed E-state index contributed by atoms with van der Waals surface area (Å²) in [6.45, 7) is 4.48. The number of hydrogen-bond acceptors (Lipinski definition) is 2. The van der Waals surface area contributed by atoms with Crippen LogP contribution in [0.1, 0.15) is 18.1 Å². The van der Waals surface area contributed by atoms with Crippen LogP contribution in [0.25, 0.3) is 0 Å². The molecule has 1 unspecified atom stereocenters. The highest BCUT2D eigenvalue weighted by atomic mass is 16.2. The molecule has 2 N–H and O–H groups in total. The van der Waals surface area contributed by atoms with E-state index in [1.165, 1.54) is 5.56 Å². The van der Waals surface area contributed by atoms with Crippen LogP contribution in [0.15, 0.2) is 24.3 Å². The van der Waals surface area contributed by atoms with Crippen molar-refractivity contribution in [2.45, 2.75) is 26.3 Å². The third-order valence-electron chi connectivity index (χ3n) is 2.87. The summed E-state index contributed by atoms with van der Waals surface area (Å²) in [7, 11) is 1.80. The molecule has 0 aliphatic rings. The van der Waals surface area contributed by atoms with Crippen LogP contribution >= 0.6 is 0 Å². The minimum Gasteiger partial charge on any atom is -0.341 e. The van der Waals surface area contributed by atoms with E-state index in [-0.39, 0.29) is 11.9 Å². The first-order chi connectivity index (χ1) is 7.54. The summed E-state index contributed by atoms with van der Waals surface area (Å²) >= 11 is 0. The van der Waals surface area contributed by atoms with E-state index >= 15 is 0 Å². The van der Waals surface area contributed by atoms with Crippen molar-refractivity contribution < 1.29 is 4.79 Å². The van der Waals surface area contributed by atoms with E-state index < -0.39 is 0 Å². The van der Waals surface area contributed by atoms with Crippen LogP contribution in [0.5, 0.6) is 0 Å². The molecule has 0 aromatic heterocycles. The van der Waals surface area contributed by atoms with Crippen LogP contribution in [-0.4, -0.2) is 30.4 Å². The van der Waals surface area contributed by atoms with Gasteiger partial charge in [-0.25, -0.2) is 0 Å². The number of benzene rings is 1. The first kappa shape index (κ1) is 12.7. The van der Waals surface area contributed by atoms with Gasteiger partial charge in [-0.3, -0.25) is 4.79 Å². The maximum Gasteiger partial charge on any atom is 0.227 e. The van der Waals surface area contributed by atoms with Crippen molar-refractivity contribution in [1.82, 2.24) is 4.90 Å². The van der Waals surface area contributed by atoms with Gasteiger partial charge in [-0.15, -0.1) is 0 Å². The number of aryl methyl sites for hydroxylation is 1. The predicted octanol–water partition coefficient (Wildman–Crippen LogP) is 1.34. The molecule has 0 aliphatic carbocycles. The summed E-state index contributed by atoms with van der Waals surface area (Å²) in [4.78, 5) is 13.6. The molecule has 1 aromatic rings. The zero-order valence-corrected chi connectivity index (χ0v) is 10.2. The Bertz CT molecular complexity index is 345. The lowest BCUT2D eigenvalue weighted by Gasteiger charge is -2.23. The van der Waals surface area contributed by atoms with Crippen LogP contribution < -0.4 is 5.73 Å². The molecule has 3 nitrogen and oxygen atoms in total. The lowest BCUT2D eigenvalue weighted by Crippen LogP contribution is -2.40. The minimum atomic E-state index is 0.0953. The zero-order chi connectivity index (χ0) is 12.1. The van der Waals surface area contributed by atoms with Crippen molar-refractivity contribution in [2.24, 2.45) is 5.73 Å². The smallest absolute Gasteiger partial charge is 0.227 e. The Kier molecular flexibility index (Phi) is 4.50. The van der Waals surface area contributed by atoms with Gasteiger partial charge in [0.25, 0.3) is 0 Å². The third kappa shape index (κ3) is 3.35. The van der Waals surface area contributed by atoms with Crippen LogP contribution in [0, 0.1) is 6.92 Å². The van der Waals surface area contributed by atoms with Gasteiger partial charge in [0, 0.05) is 19.6 Å². The molecule has 3 heteroatoms. The molecule has 0 aliphatic heterocycles. The fraction of sp³-hybridized carbons (Fsp3) is 0.462. The Balaban J connectivity index is 2.60. The Morgan fingerprint density at radius 1 is 1.38 bits per heavy atom. The largest absolute Gasteiger partial charge is 0.341 e. The molecule has 88 valence electrons. The van der Waals surface area contributed by atoms with Gasteiger partial charge in [0.05, 0.1) is 6.42 Å². The summed E-state index contributed by atoms with van der Waals surface area (Å²) in [6, 6.07) is 8.13. The zero-order valence-electron chi connectivity index (χ0n) is 10.2. The molecule has 0 fully saturated rings. The lowest BCUT2D eigenvalue weighted by molar-refractivity contribution is -0.130. The number of nitrogens with two attached hydrogens (primary N) is 1. The number of carbonyl (C=O) groups excluding carboxylic acids is 1. The van der Waals surface area contributed by atoms with Crippen LogP contribution in [0.2, 0.25) is 0 Å². The second-order valence-corrected chi connectivity index (χ2v) is 4.25. The van der Waals surface area contributed by atoms with E-state index in [0.29, 0.717) is 13.0 Å². The maximum absolute atomic E-state index is 11.9. The van der Waals surface area contributed by atoms with Crippen molar-refractivity contribution >= 4 is 5.91 Å². The molecule has 0 radical (unpaired) electrons. The van der Waals surface area contributed by atoms with Gasteiger partial charge in [-0.05, 0) is 19.4 Å². The standard InChI is InChI=1S/C13H20N2O/c1-10-4-6-12(7-5-10)8-13(16)15(3)11(2)9-14/h4-7,11H,8-9,14H2,1-3H3. The van der Waals surface area contributed by atoms with Gasteiger partial charge >= 0.3 is 0 Å². The topological polar surface area (TPSA) is 46.3 Å². The second-order valence-electron chi connectivity index (χ2n) is 4.25. The number of rotatable bonds is 4. The van der Waals surface area contributed by atoms with Gasteiger partial charge in [-0.2, -0.15) is 0 Å². The lowest BCUT2D eigenvalue weighted by atomic mass is 10.1. The van der Waals surface area contributed by atoms with E-state index in [0.717, 1.165) is 5.56 Å². The van der Waals surface area contributed by atoms with Gasteiger partial charge in [0.15, 0.2) is 0 Å². The first-order valence-electron chi connectivity index (χ1n) is 5.56.